The first kappa shape index (κ1) is 12.3. The Morgan fingerprint density at radius 2 is 2.33 bits per heavy atom. The Labute approximate surface area is 105 Å². The van der Waals surface area contributed by atoms with E-state index in [0.717, 1.165) is 17.9 Å². The SMILES string of the molecule is CCC(C)Nc1cc(C)nc2c(C(=O)O)cnn12. The maximum atomic E-state index is 11.1. The van der Waals surface area contributed by atoms with Gasteiger partial charge in [-0.1, -0.05) is 6.92 Å². The van der Waals surface area contributed by atoms with Crippen molar-refractivity contribution in [3.8, 4) is 0 Å². The molecule has 0 aromatic carbocycles. The summed E-state index contributed by atoms with van der Waals surface area (Å²) in [7, 11) is 0. The first-order valence-electron chi connectivity index (χ1n) is 5.88. The van der Waals surface area contributed by atoms with Crippen LogP contribution in [0.3, 0.4) is 0 Å². The lowest BCUT2D eigenvalue weighted by atomic mass is 10.2. The van der Waals surface area contributed by atoms with E-state index in [4.69, 9.17) is 5.11 Å². The van der Waals surface area contributed by atoms with Crippen LogP contribution >= 0.6 is 0 Å². The number of rotatable bonds is 4. The van der Waals surface area contributed by atoms with Crippen LogP contribution in [-0.4, -0.2) is 31.7 Å². The van der Waals surface area contributed by atoms with E-state index in [2.05, 4.69) is 29.2 Å². The zero-order valence-corrected chi connectivity index (χ0v) is 10.6. The van der Waals surface area contributed by atoms with Crippen molar-refractivity contribution in [3.63, 3.8) is 0 Å². The summed E-state index contributed by atoms with van der Waals surface area (Å²) in [5.41, 5.74) is 1.25. The van der Waals surface area contributed by atoms with Gasteiger partial charge in [0.25, 0.3) is 0 Å². The van der Waals surface area contributed by atoms with E-state index >= 15 is 0 Å². The number of carboxylic acids is 1. The quantitative estimate of drug-likeness (QED) is 0.864. The van der Waals surface area contributed by atoms with Gasteiger partial charge in [0.2, 0.25) is 0 Å². The molecule has 0 fully saturated rings. The zero-order chi connectivity index (χ0) is 13.3. The highest BCUT2D eigenvalue weighted by Gasteiger charge is 2.15. The third-order valence-corrected chi connectivity index (χ3v) is 2.84. The van der Waals surface area contributed by atoms with Gasteiger partial charge in [-0.25, -0.2) is 9.78 Å². The van der Waals surface area contributed by atoms with Crippen molar-refractivity contribution >= 4 is 17.4 Å². The minimum absolute atomic E-state index is 0.117. The van der Waals surface area contributed by atoms with Crippen LogP contribution in [-0.2, 0) is 0 Å². The lowest BCUT2D eigenvalue weighted by molar-refractivity contribution is 0.0699. The van der Waals surface area contributed by atoms with E-state index in [1.54, 1.807) is 0 Å². The van der Waals surface area contributed by atoms with Crippen LogP contribution in [0, 0.1) is 6.92 Å². The number of aryl methyl sites for hydroxylation is 1. The van der Waals surface area contributed by atoms with Gasteiger partial charge in [0.05, 0.1) is 6.20 Å². The zero-order valence-electron chi connectivity index (χ0n) is 10.6. The van der Waals surface area contributed by atoms with Gasteiger partial charge >= 0.3 is 5.97 Å². The molecule has 6 nitrogen and oxygen atoms in total. The van der Waals surface area contributed by atoms with Crippen molar-refractivity contribution in [1.29, 1.82) is 0 Å². The van der Waals surface area contributed by atoms with Crippen molar-refractivity contribution < 1.29 is 9.90 Å². The fourth-order valence-electron chi connectivity index (χ4n) is 1.69. The van der Waals surface area contributed by atoms with Gasteiger partial charge in [0.15, 0.2) is 5.65 Å². The Bertz CT molecular complexity index is 591. The number of anilines is 1. The average molecular weight is 248 g/mol. The molecule has 0 bridgehead atoms. The number of hydrogen-bond acceptors (Lipinski definition) is 4. The molecule has 0 radical (unpaired) electrons. The highest BCUT2D eigenvalue weighted by molar-refractivity contribution is 5.94. The predicted octanol–water partition coefficient (Wildman–Crippen LogP) is 1.95. The van der Waals surface area contributed by atoms with E-state index < -0.39 is 5.97 Å². The first-order valence-corrected chi connectivity index (χ1v) is 5.88. The van der Waals surface area contributed by atoms with Gasteiger partial charge in [-0.15, -0.1) is 0 Å². The fraction of sp³-hybridized carbons (Fsp3) is 0.417. The number of aromatic carboxylic acids is 1. The highest BCUT2D eigenvalue weighted by atomic mass is 16.4. The first-order chi connectivity index (χ1) is 8.52. The number of nitrogens with zero attached hydrogens (tertiary/aromatic N) is 3. The smallest absolute Gasteiger partial charge is 0.341 e. The van der Waals surface area contributed by atoms with Crippen molar-refractivity contribution in [1.82, 2.24) is 14.6 Å². The second-order valence-electron chi connectivity index (χ2n) is 4.34. The van der Waals surface area contributed by atoms with Crippen LogP contribution in [0.25, 0.3) is 5.65 Å². The van der Waals surface area contributed by atoms with Crippen LogP contribution in [0.15, 0.2) is 12.3 Å². The summed E-state index contributed by atoms with van der Waals surface area (Å²) < 4.78 is 1.53. The monoisotopic (exact) mass is 248 g/mol. The molecule has 6 heteroatoms. The predicted molar refractivity (Wildman–Crippen MR) is 68.1 cm³/mol. The second kappa shape index (κ2) is 4.64. The molecule has 0 amide bonds. The summed E-state index contributed by atoms with van der Waals surface area (Å²) in [6.45, 7) is 5.97. The van der Waals surface area contributed by atoms with Gasteiger partial charge in [0, 0.05) is 17.8 Å². The van der Waals surface area contributed by atoms with Crippen molar-refractivity contribution in [2.24, 2.45) is 0 Å². The summed E-state index contributed by atoms with van der Waals surface area (Å²) >= 11 is 0. The molecule has 0 aliphatic heterocycles. The Morgan fingerprint density at radius 1 is 1.61 bits per heavy atom. The largest absolute Gasteiger partial charge is 0.477 e. The number of aromatic nitrogens is 3. The Kier molecular flexibility index (Phi) is 3.18. The Hall–Kier alpha value is -2.11. The highest BCUT2D eigenvalue weighted by Crippen LogP contribution is 2.17. The third kappa shape index (κ3) is 2.13. The molecule has 0 saturated carbocycles. The van der Waals surface area contributed by atoms with E-state index in [0.29, 0.717) is 5.65 Å². The van der Waals surface area contributed by atoms with Gasteiger partial charge in [0.1, 0.15) is 11.4 Å². The molecule has 2 heterocycles. The topological polar surface area (TPSA) is 79.5 Å². The molecule has 0 spiro atoms. The van der Waals surface area contributed by atoms with Crippen LogP contribution in [0.1, 0.15) is 36.3 Å². The van der Waals surface area contributed by atoms with Crippen LogP contribution in [0.4, 0.5) is 5.82 Å². The summed E-state index contributed by atoms with van der Waals surface area (Å²) in [6.07, 6.45) is 2.29. The molecule has 1 atom stereocenters. The van der Waals surface area contributed by atoms with Crippen LogP contribution in [0.5, 0.6) is 0 Å². The molecule has 1 unspecified atom stereocenters. The van der Waals surface area contributed by atoms with Crippen molar-refractivity contribution in [3.05, 3.63) is 23.5 Å². The third-order valence-electron chi connectivity index (χ3n) is 2.84. The summed E-state index contributed by atoms with van der Waals surface area (Å²) in [5, 5.41) is 16.4. The Morgan fingerprint density at radius 3 is 2.94 bits per heavy atom. The number of nitrogens with one attached hydrogen (secondary N) is 1. The summed E-state index contributed by atoms with van der Waals surface area (Å²) in [6, 6.07) is 2.14. The standard InChI is InChI=1S/C12H16N4O2/c1-4-7(2)14-10-5-8(3)15-11-9(12(17)18)6-13-16(10)11/h5-7,14H,4H2,1-3H3,(H,17,18). The fourth-order valence-corrected chi connectivity index (χ4v) is 1.69. The maximum Gasteiger partial charge on any atom is 0.341 e. The molecule has 0 saturated heterocycles. The molecule has 2 N–H and O–H groups in total. The molecule has 2 aromatic rings. The molecular weight excluding hydrogens is 232 g/mol. The van der Waals surface area contributed by atoms with E-state index in [1.807, 2.05) is 13.0 Å². The summed E-state index contributed by atoms with van der Waals surface area (Å²) in [5.74, 6) is -0.253. The van der Waals surface area contributed by atoms with Gasteiger partial charge < -0.3 is 10.4 Å². The normalized spacial score (nSPS) is 12.6. The van der Waals surface area contributed by atoms with Crippen molar-refractivity contribution in [2.45, 2.75) is 33.2 Å². The van der Waals surface area contributed by atoms with Gasteiger partial charge in [-0.05, 0) is 20.3 Å². The number of carbonyl (C=O) groups is 1. The maximum absolute atomic E-state index is 11.1. The summed E-state index contributed by atoms with van der Waals surface area (Å²) in [4.78, 5) is 15.3. The van der Waals surface area contributed by atoms with Gasteiger partial charge in [-0.3, -0.25) is 0 Å². The van der Waals surface area contributed by atoms with E-state index in [-0.39, 0.29) is 11.6 Å². The minimum atomic E-state index is -1.02. The lowest BCUT2D eigenvalue weighted by Crippen LogP contribution is -2.17. The number of hydrogen-bond donors (Lipinski definition) is 2. The second-order valence-corrected chi connectivity index (χ2v) is 4.34. The van der Waals surface area contributed by atoms with Crippen molar-refractivity contribution in [2.75, 3.05) is 5.32 Å². The molecule has 2 rings (SSSR count). The van der Waals surface area contributed by atoms with Crippen LogP contribution < -0.4 is 5.32 Å². The van der Waals surface area contributed by atoms with E-state index in [1.165, 1.54) is 10.7 Å². The molecule has 96 valence electrons. The molecule has 18 heavy (non-hydrogen) atoms. The molecular formula is C12H16N4O2. The minimum Gasteiger partial charge on any atom is -0.477 e. The number of fused-ring (bicyclic) bond motifs is 1. The van der Waals surface area contributed by atoms with Crippen LogP contribution in [0.2, 0.25) is 0 Å². The molecule has 2 aromatic heterocycles. The molecule has 0 aliphatic rings. The van der Waals surface area contributed by atoms with E-state index in [9.17, 15) is 4.79 Å². The lowest BCUT2D eigenvalue weighted by Gasteiger charge is -2.14. The van der Waals surface area contributed by atoms with Gasteiger partial charge in [-0.2, -0.15) is 9.61 Å². The average Bonchev–Trinajstić information content (AvgIpc) is 2.72. The number of carboxylic acid groups (broad SMARTS) is 1. The Balaban J connectivity index is 2.57. The molecule has 0 aliphatic carbocycles.